The zero-order valence-corrected chi connectivity index (χ0v) is 24.9. The Balaban J connectivity index is 1.53. The largest absolute Gasteiger partial charge is 0.493 e. The molecule has 8 nitrogen and oxygen atoms in total. The van der Waals surface area contributed by atoms with Gasteiger partial charge in [-0.05, 0) is 69.8 Å². The van der Waals surface area contributed by atoms with E-state index in [1.807, 2.05) is 39.0 Å². The van der Waals surface area contributed by atoms with Crippen molar-refractivity contribution >= 4 is 5.78 Å². The van der Waals surface area contributed by atoms with Crippen LogP contribution in [0.25, 0.3) is 0 Å². The lowest BCUT2D eigenvalue weighted by atomic mass is 9.75. The van der Waals surface area contributed by atoms with Crippen LogP contribution in [0.2, 0.25) is 0 Å². The van der Waals surface area contributed by atoms with Gasteiger partial charge in [0.15, 0.2) is 23.0 Å². The third-order valence-electron chi connectivity index (χ3n) is 7.98. The van der Waals surface area contributed by atoms with Crippen molar-refractivity contribution in [2.24, 2.45) is 11.8 Å². The SMILES string of the molecule is COC[C@H](C)OC1CC2(C[C@@H](C(C)C(OC)C(=O)c3ccc(OC(C)C)c(OC)c3)CCN2)Oc2ccccc21. The minimum Gasteiger partial charge on any atom is -0.493 e. The molecule has 40 heavy (non-hydrogen) atoms. The molecule has 2 aliphatic heterocycles. The van der Waals surface area contributed by atoms with Gasteiger partial charge < -0.3 is 28.4 Å². The number of rotatable bonds is 12. The summed E-state index contributed by atoms with van der Waals surface area (Å²) in [5, 5.41) is 3.66. The molecule has 0 radical (unpaired) electrons. The van der Waals surface area contributed by atoms with Crippen molar-refractivity contribution in [1.82, 2.24) is 5.32 Å². The molecule has 0 saturated carbocycles. The van der Waals surface area contributed by atoms with Crippen molar-refractivity contribution in [3.8, 4) is 17.2 Å². The first-order valence-electron chi connectivity index (χ1n) is 14.3. The summed E-state index contributed by atoms with van der Waals surface area (Å²) >= 11 is 0. The van der Waals surface area contributed by atoms with Crippen LogP contribution in [0.4, 0.5) is 0 Å². The number of hydrogen-bond acceptors (Lipinski definition) is 8. The highest BCUT2D eigenvalue weighted by Gasteiger charge is 2.47. The summed E-state index contributed by atoms with van der Waals surface area (Å²) in [6, 6.07) is 13.4. The van der Waals surface area contributed by atoms with E-state index in [1.54, 1.807) is 39.5 Å². The Hall–Kier alpha value is -2.65. The number of nitrogens with one attached hydrogen (secondary N) is 1. The van der Waals surface area contributed by atoms with Gasteiger partial charge in [0.25, 0.3) is 0 Å². The maximum absolute atomic E-state index is 13.7. The van der Waals surface area contributed by atoms with Gasteiger partial charge in [-0.25, -0.2) is 0 Å². The summed E-state index contributed by atoms with van der Waals surface area (Å²) in [6.07, 6.45) is 1.52. The number of piperidine rings is 1. The smallest absolute Gasteiger partial charge is 0.191 e. The predicted molar refractivity (Wildman–Crippen MR) is 153 cm³/mol. The van der Waals surface area contributed by atoms with E-state index in [0.717, 1.165) is 30.7 Å². The Kier molecular flexibility index (Phi) is 10.1. The van der Waals surface area contributed by atoms with Gasteiger partial charge in [0, 0.05) is 38.2 Å². The van der Waals surface area contributed by atoms with Gasteiger partial charge in [-0.15, -0.1) is 0 Å². The number of carbonyl (C=O) groups is 1. The van der Waals surface area contributed by atoms with Gasteiger partial charge in [-0.1, -0.05) is 25.1 Å². The van der Waals surface area contributed by atoms with Crippen LogP contribution in [0, 0.1) is 11.8 Å². The monoisotopic (exact) mass is 555 g/mol. The highest BCUT2D eigenvalue weighted by atomic mass is 16.6. The number of Topliss-reactive ketones (excluding diaryl/α,β-unsaturated/α-hetero) is 1. The third kappa shape index (κ3) is 6.79. The van der Waals surface area contributed by atoms with E-state index >= 15 is 0 Å². The lowest BCUT2D eigenvalue weighted by Gasteiger charge is -2.48. The molecule has 2 heterocycles. The lowest BCUT2D eigenvalue weighted by Crippen LogP contribution is -2.59. The predicted octanol–water partition coefficient (Wildman–Crippen LogP) is 5.59. The van der Waals surface area contributed by atoms with Crippen LogP contribution in [0.3, 0.4) is 0 Å². The molecule has 1 fully saturated rings. The molecular weight excluding hydrogens is 510 g/mol. The second-order valence-corrected chi connectivity index (χ2v) is 11.3. The van der Waals surface area contributed by atoms with Crippen LogP contribution in [0.15, 0.2) is 42.5 Å². The molecular formula is C32H45NO7. The van der Waals surface area contributed by atoms with Gasteiger partial charge in [0.1, 0.15) is 11.9 Å². The first-order valence-corrected chi connectivity index (χ1v) is 14.3. The quantitative estimate of drug-likeness (QED) is 0.340. The normalized spacial score (nSPS) is 24.6. The molecule has 6 atom stereocenters. The molecule has 4 rings (SSSR count). The van der Waals surface area contributed by atoms with Gasteiger partial charge >= 0.3 is 0 Å². The van der Waals surface area contributed by atoms with Crippen molar-refractivity contribution in [3.63, 3.8) is 0 Å². The third-order valence-corrected chi connectivity index (χ3v) is 7.98. The molecule has 0 bridgehead atoms. The molecule has 0 aliphatic carbocycles. The number of ether oxygens (including phenoxy) is 6. The number of hydrogen-bond donors (Lipinski definition) is 1. The summed E-state index contributed by atoms with van der Waals surface area (Å²) in [7, 11) is 4.88. The molecule has 0 aromatic heterocycles. The summed E-state index contributed by atoms with van der Waals surface area (Å²) in [5.41, 5.74) is 0.999. The molecule has 4 unspecified atom stereocenters. The standard InChI is InChI=1S/C32H45NO7/c1-20(2)38-27-13-12-23(16-28(27)36-6)30(34)31(37-7)22(4)24-14-15-33-32(17-24)18-29(39-21(3)19-35-5)25-10-8-9-11-26(25)40-32/h8-13,16,20-22,24,29,31,33H,14-15,17-19H2,1-7H3/t21-,22?,24-,29?,31?,32?/m0/s1. The number of fused-ring (bicyclic) bond motifs is 1. The average molecular weight is 556 g/mol. The van der Waals surface area contributed by atoms with Crippen LogP contribution in [0.1, 0.15) is 69.0 Å². The maximum atomic E-state index is 13.7. The summed E-state index contributed by atoms with van der Waals surface area (Å²) in [5.74, 6) is 2.07. The summed E-state index contributed by atoms with van der Waals surface area (Å²) in [4.78, 5) is 13.7. The summed E-state index contributed by atoms with van der Waals surface area (Å²) < 4.78 is 35.7. The second-order valence-electron chi connectivity index (χ2n) is 11.3. The fourth-order valence-electron chi connectivity index (χ4n) is 6.09. The van der Waals surface area contributed by atoms with E-state index < -0.39 is 11.8 Å². The highest BCUT2D eigenvalue weighted by molar-refractivity contribution is 6.00. The van der Waals surface area contributed by atoms with Crippen molar-refractivity contribution in [1.29, 1.82) is 0 Å². The van der Waals surface area contributed by atoms with Crippen LogP contribution < -0.4 is 19.5 Å². The second kappa shape index (κ2) is 13.3. The van der Waals surface area contributed by atoms with E-state index in [0.29, 0.717) is 30.1 Å². The van der Waals surface area contributed by atoms with Crippen molar-refractivity contribution in [3.05, 3.63) is 53.6 Å². The van der Waals surface area contributed by atoms with E-state index in [9.17, 15) is 4.79 Å². The Labute approximate surface area is 238 Å². The first-order chi connectivity index (χ1) is 19.2. The molecule has 8 heteroatoms. The number of benzene rings is 2. The Morgan fingerprint density at radius 2 is 1.82 bits per heavy atom. The Bertz CT molecular complexity index is 1140. The van der Waals surface area contributed by atoms with E-state index in [1.165, 1.54) is 0 Å². The fraction of sp³-hybridized carbons (Fsp3) is 0.594. The Morgan fingerprint density at radius 1 is 1.05 bits per heavy atom. The van der Waals surface area contributed by atoms with Crippen molar-refractivity contribution < 1.29 is 33.2 Å². The Morgan fingerprint density at radius 3 is 2.52 bits per heavy atom. The van der Waals surface area contributed by atoms with Crippen LogP contribution in [-0.2, 0) is 14.2 Å². The molecule has 0 amide bonds. The van der Waals surface area contributed by atoms with E-state index in [-0.39, 0.29) is 35.9 Å². The zero-order valence-electron chi connectivity index (χ0n) is 24.9. The molecule has 1 N–H and O–H groups in total. The van der Waals surface area contributed by atoms with Gasteiger partial charge in [0.2, 0.25) is 0 Å². The van der Waals surface area contributed by atoms with Gasteiger partial charge in [-0.3, -0.25) is 10.1 Å². The minimum absolute atomic E-state index is 0.00316. The number of para-hydroxylation sites is 1. The average Bonchev–Trinajstić information content (AvgIpc) is 2.93. The number of ketones is 1. The maximum Gasteiger partial charge on any atom is 0.191 e. The molecule has 220 valence electrons. The topological polar surface area (TPSA) is 84.5 Å². The van der Waals surface area contributed by atoms with Crippen LogP contribution >= 0.6 is 0 Å². The molecule has 2 aliphatic rings. The minimum atomic E-state index is -0.605. The fourth-order valence-corrected chi connectivity index (χ4v) is 6.09. The van der Waals surface area contributed by atoms with Crippen LogP contribution in [-0.4, -0.2) is 64.3 Å². The zero-order chi connectivity index (χ0) is 28.9. The molecule has 2 aromatic carbocycles. The van der Waals surface area contributed by atoms with Crippen molar-refractivity contribution in [2.45, 2.75) is 77.1 Å². The molecule has 1 spiro atoms. The van der Waals surface area contributed by atoms with Crippen molar-refractivity contribution in [2.75, 3.05) is 34.5 Å². The molecule has 2 aromatic rings. The van der Waals surface area contributed by atoms with Crippen LogP contribution in [0.5, 0.6) is 17.2 Å². The number of carbonyl (C=O) groups excluding carboxylic acids is 1. The number of methoxy groups -OCH3 is 3. The van der Waals surface area contributed by atoms with E-state index in [2.05, 4.69) is 18.3 Å². The first kappa shape index (κ1) is 30.3. The molecule has 1 saturated heterocycles. The van der Waals surface area contributed by atoms with Gasteiger partial charge in [-0.2, -0.15) is 0 Å². The van der Waals surface area contributed by atoms with Gasteiger partial charge in [0.05, 0.1) is 32.0 Å². The lowest BCUT2D eigenvalue weighted by molar-refractivity contribution is -0.119. The van der Waals surface area contributed by atoms with E-state index in [4.69, 9.17) is 28.4 Å². The highest BCUT2D eigenvalue weighted by Crippen LogP contribution is 2.46. The summed E-state index contributed by atoms with van der Waals surface area (Å²) in [6.45, 7) is 9.34.